The minimum absolute atomic E-state index is 0.297. The van der Waals surface area contributed by atoms with Gasteiger partial charge in [0.1, 0.15) is 18.1 Å². The third kappa shape index (κ3) is 6.20. The van der Waals surface area contributed by atoms with Crippen LogP contribution in [-0.4, -0.2) is 21.9 Å². The fraction of sp³-hybridized carbons (Fsp3) is 0.0333. The van der Waals surface area contributed by atoms with E-state index < -0.39 is 0 Å². The summed E-state index contributed by atoms with van der Waals surface area (Å²) in [5.74, 6) is 0.473. The first kappa shape index (κ1) is 24.2. The van der Waals surface area contributed by atoms with Crippen LogP contribution in [0.4, 0.5) is 0 Å². The number of carbonyl (C=O) groups is 1. The molecule has 7 heteroatoms. The second-order valence-corrected chi connectivity index (χ2v) is 9.14. The van der Waals surface area contributed by atoms with E-state index in [-0.39, 0.29) is 5.91 Å². The molecule has 4 aromatic carbocycles. The molecular formula is C30H23BrN4O2. The number of carbonyl (C=O) groups excluding carboxylic acids is 1. The molecule has 37 heavy (non-hydrogen) atoms. The van der Waals surface area contributed by atoms with Crippen molar-refractivity contribution in [3.63, 3.8) is 0 Å². The van der Waals surface area contributed by atoms with Gasteiger partial charge in [0.15, 0.2) is 0 Å². The maximum atomic E-state index is 12.5. The first-order valence-corrected chi connectivity index (χ1v) is 12.5. The van der Waals surface area contributed by atoms with Gasteiger partial charge in [0.2, 0.25) is 0 Å². The largest absolute Gasteiger partial charge is 0.489 e. The summed E-state index contributed by atoms with van der Waals surface area (Å²) in [4.78, 5) is 12.5. The monoisotopic (exact) mass is 550 g/mol. The van der Waals surface area contributed by atoms with Crippen molar-refractivity contribution >= 4 is 28.1 Å². The van der Waals surface area contributed by atoms with Crippen LogP contribution in [-0.2, 0) is 6.61 Å². The average Bonchev–Trinajstić information content (AvgIpc) is 3.37. The Morgan fingerprint density at radius 1 is 0.919 bits per heavy atom. The Morgan fingerprint density at radius 2 is 1.65 bits per heavy atom. The van der Waals surface area contributed by atoms with Gasteiger partial charge in [0.25, 0.3) is 5.91 Å². The van der Waals surface area contributed by atoms with Crippen molar-refractivity contribution in [2.75, 3.05) is 0 Å². The van der Waals surface area contributed by atoms with E-state index in [4.69, 9.17) is 9.84 Å². The van der Waals surface area contributed by atoms with Crippen molar-refractivity contribution in [1.29, 1.82) is 0 Å². The van der Waals surface area contributed by atoms with Crippen LogP contribution in [0.1, 0.15) is 21.5 Å². The molecule has 1 aromatic heterocycles. The molecule has 5 aromatic rings. The predicted octanol–water partition coefficient (Wildman–Crippen LogP) is 6.64. The predicted molar refractivity (Wildman–Crippen MR) is 149 cm³/mol. The van der Waals surface area contributed by atoms with E-state index in [1.807, 2.05) is 97.2 Å². The zero-order valence-corrected chi connectivity index (χ0v) is 21.4. The summed E-state index contributed by atoms with van der Waals surface area (Å²) >= 11 is 3.38. The van der Waals surface area contributed by atoms with Gasteiger partial charge < -0.3 is 4.74 Å². The first-order chi connectivity index (χ1) is 18.2. The van der Waals surface area contributed by atoms with E-state index >= 15 is 0 Å². The maximum Gasteiger partial charge on any atom is 0.271 e. The van der Waals surface area contributed by atoms with Crippen LogP contribution in [0.25, 0.3) is 16.9 Å². The summed E-state index contributed by atoms with van der Waals surface area (Å²) in [5.41, 5.74) is 7.54. The number of ether oxygens (including phenoxy) is 1. The van der Waals surface area contributed by atoms with Gasteiger partial charge in [-0.15, -0.1) is 0 Å². The molecule has 0 aliphatic carbocycles. The molecule has 5 rings (SSSR count). The molecule has 0 unspecified atom stereocenters. The number of para-hydroxylation sites is 1. The van der Waals surface area contributed by atoms with Gasteiger partial charge in [0.05, 0.1) is 11.9 Å². The number of halogens is 1. The summed E-state index contributed by atoms with van der Waals surface area (Å²) in [6.45, 7) is 0.498. The summed E-state index contributed by atoms with van der Waals surface area (Å²) in [6.07, 6.45) is 3.50. The van der Waals surface area contributed by atoms with Gasteiger partial charge in [-0.3, -0.25) is 4.79 Å². The standard InChI is InChI=1S/C30H23BrN4O2/c31-26-11-7-10-24(18-26)30(36)33-32-19-25-20-35(27-12-5-2-6-13-27)34-29(25)23-14-16-28(17-15-23)37-21-22-8-3-1-4-9-22/h1-20H,21H2,(H,33,36)/b32-19+. The number of hydrogen-bond acceptors (Lipinski definition) is 4. The molecule has 0 aliphatic rings. The molecule has 0 atom stereocenters. The number of hydrazone groups is 1. The van der Waals surface area contributed by atoms with Crippen molar-refractivity contribution in [2.45, 2.75) is 6.61 Å². The van der Waals surface area contributed by atoms with E-state index in [1.54, 1.807) is 29.1 Å². The molecule has 0 saturated heterocycles. The quantitative estimate of drug-likeness (QED) is 0.174. The Labute approximate surface area is 223 Å². The summed E-state index contributed by atoms with van der Waals surface area (Å²) in [7, 11) is 0. The molecule has 6 nitrogen and oxygen atoms in total. The molecule has 0 fully saturated rings. The number of rotatable bonds is 8. The highest BCUT2D eigenvalue weighted by atomic mass is 79.9. The number of amides is 1. The normalized spacial score (nSPS) is 10.9. The van der Waals surface area contributed by atoms with E-state index in [2.05, 4.69) is 26.5 Å². The number of aromatic nitrogens is 2. The highest BCUT2D eigenvalue weighted by Gasteiger charge is 2.12. The molecular weight excluding hydrogens is 528 g/mol. The van der Waals surface area contributed by atoms with E-state index in [0.717, 1.165) is 38.3 Å². The number of hydrogen-bond donors (Lipinski definition) is 1. The van der Waals surface area contributed by atoms with Crippen LogP contribution in [0.5, 0.6) is 5.75 Å². The fourth-order valence-electron chi connectivity index (χ4n) is 3.72. The molecule has 1 heterocycles. The topological polar surface area (TPSA) is 68.5 Å². The van der Waals surface area contributed by atoms with Gasteiger partial charge in [-0.25, -0.2) is 10.1 Å². The second kappa shape index (κ2) is 11.5. The van der Waals surface area contributed by atoms with Crippen LogP contribution in [0.3, 0.4) is 0 Å². The molecule has 0 bridgehead atoms. The van der Waals surface area contributed by atoms with Crippen LogP contribution in [0, 0.1) is 0 Å². The molecule has 0 saturated carbocycles. The summed E-state index contributed by atoms with van der Waals surface area (Å²) < 4.78 is 8.55. The minimum Gasteiger partial charge on any atom is -0.489 e. The van der Waals surface area contributed by atoms with Crippen LogP contribution < -0.4 is 10.2 Å². The Morgan fingerprint density at radius 3 is 2.38 bits per heavy atom. The number of nitrogens with zero attached hydrogens (tertiary/aromatic N) is 3. The number of nitrogens with one attached hydrogen (secondary N) is 1. The van der Waals surface area contributed by atoms with Crippen molar-refractivity contribution in [3.8, 4) is 22.7 Å². The van der Waals surface area contributed by atoms with Gasteiger partial charge in [-0.05, 0) is 60.2 Å². The Bertz CT molecular complexity index is 1510. The number of benzene rings is 4. The lowest BCUT2D eigenvalue weighted by molar-refractivity contribution is 0.0955. The Balaban J connectivity index is 1.37. The Kier molecular flexibility index (Phi) is 7.52. The van der Waals surface area contributed by atoms with Crippen molar-refractivity contribution in [3.05, 3.63) is 137 Å². The molecule has 0 spiro atoms. The zero-order chi connectivity index (χ0) is 25.5. The maximum absolute atomic E-state index is 12.5. The minimum atomic E-state index is -0.297. The fourth-order valence-corrected chi connectivity index (χ4v) is 4.12. The van der Waals surface area contributed by atoms with Crippen LogP contribution in [0.15, 0.2) is 125 Å². The highest BCUT2D eigenvalue weighted by Crippen LogP contribution is 2.25. The van der Waals surface area contributed by atoms with Gasteiger partial charge in [-0.1, -0.05) is 70.5 Å². The van der Waals surface area contributed by atoms with E-state index in [0.29, 0.717) is 12.2 Å². The van der Waals surface area contributed by atoms with Gasteiger partial charge >= 0.3 is 0 Å². The smallest absolute Gasteiger partial charge is 0.271 e. The van der Waals surface area contributed by atoms with E-state index in [9.17, 15) is 4.79 Å². The molecule has 1 N–H and O–H groups in total. The zero-order valence-electron chi connectivity index (χ0n) is 19.8. The lowest BCUT2D eigenvalue weighted by Gasteiger charge is -2.07. The van der Waals surface area contributed by atoms with Crippen molar-refractivity contribution < 1.29 is 9.53 Å². The van der Waals surface area contributed by atoms with Crippen molar-refractivity contribution in [2.24, 2.45) is 5.10 Å². The molecule has 1 amide bonds. The van der Waals surface area contributed by atoms with Crippen LogP contribution in [0.2, 0.25) is 0 Å². The second-order valence-electron chi connectivity index (χ2n) is 8.22. The third-order valence-corrected chi connectivity index (χ3v) is 6.09. The average molecular weight is 551 g/mol. The van der Waals surface area contributed by atoms with Crippen molar-refractivity contribution in [1.82, 2.24) is 15.2 Å². The van der Waals surface area contributed by atoms with Crippen LogP contribution >= 0.6 is 15.9 Å². The SMILES string of the molecule is O=C(N/N=C/c1cn(-c2ccccc2)nc1-c1ccc(OCc2ccccc2)cc1)c1cccc(Br)c1. The first-order valence-electron chi connectivity index (χ1n) is 11.7. The Hall–Kier alpha value is -4.49. The molecule has 182 valence electrons. The highest BCUT2D eigenvalue weighted by molar-refractivity contribution is 9.10. The molecule has 0 radical (unpaired) electrons. The lowest BCUT2D eigenvalue weighted by Crippen LogP contribution is -2.17. The van der Waals surface area contributed by atoms with Gasteiger partial charge in [0, 0.05) is 27.4 Å². The summed E-state index contributed by atoms with van der Waals surface area (Å²) in [5, 5.41) is 9.01. The molecule has 0 aliphatic heterocycles. The van der Waals surface area contributed by atoms with Gasteiger partial charge in [-0.2, -0.15) is 10.2 Å². The summed E-state index contributed by atoms with van der Waals surface area (Å²) in [6, 6.07) is 34.8. The van der Waals surface area contributed by atoms with E-state index in [1.165, 1.54) is 0 Å². The lowest BCUT2D eigenvalue weighted by atomic mass is 10.1. The third-order valence-electron chi connectivity index (χ3n) is 5.60.